The average molecular weight is 356 g/mol. The molecule has 0 aliphatic carbocycles. The van der Waals surface area contributed by atoms with Gasteiger partial charge >= 0.3 is 0 Å². The van der Waals surface area contributed by atoms with E-state index in [0.717, 1.165) is 0 Å². The number of hydrogen-bond donors (Lipinski definition) is 1. The highest BCUT2D eigenvalue weighted by molar-refractivity contribution is 6.35. The Hall–Kier alpha value is -2.18. The molecule has 0 fully saturated rings. The molecule has 0 aliphatic heterocycles. The molecule has 0 atom stereocenters. The summed E-state index contributed by atoms with van der Waals surface area (Å²) in [7, 11) is 4.67. The van der Waals surface area contributed by atoms with Crippen molar-refractivity contribution in [1.82, 2.24) is 4.98 Å². The van der Waals surface area contributed by atoms with Gasteiger partial charge in [0.05, 0.1) is 37.6 Å². The number of pyridine rings is 1. The van der Waals surface area contributed by atoms with Gasteiger partial charge in [-0.25, -0.2) is 4.98 Å². The molecule has 0 spiro atoms. The van der Waals surface area contributed by atoms with Crippen molar-refractivity contribution in [3.63, 3.8) is 0 Å². The van der Waals surface area contributed by atoms with Crippen LogP contribution in [0.1, 0.15) is 5.56 Å². The van der Waals surface area contributed by atoms with E-state index in [9.17, 15) is 0 Å². The van der Waals surface area contributed by atoms with Crippen molar-refractivity contribution in [1.29, 1.82) is 0 Å². The van der Waals surface area contributed by atoms with Crippen molar-refractivity contribution in [2.75, 3.05) is 26.8 Å². The Morgan fingerprint density at radius 2 is 1.65 bits per heavy atom. The number of nitrogens with one attached hydrogen (secondary N) is 1. The van der Waals surface area contributed by atoms with E-state index < -0.39 is 0 Å². The molecule has 8 heteroatoms. The molecule has 0 radical (unpaired) electrons. The summed E-state index contributed by atoms with van der Waals surface area (Å²) in [5.74, 6) is 2.12. The molecule has 23 heavy (non-hydrogen) atoms. The maximum Gasteiger partial charge on any atom is 0.165 e. The van der Waals surface area contributed by atoms with E-state index in [0.29, 0.717) is 38.7 Å². The van der Waals surface area contributed by atoms with Crippen LogP contribution in [0.15, 0.2) is 29.5 Å². The summed E-state index contributed by atoms with van der Waals surface area (Å²) < 4.78 is 15.8. The zero-order valence-electron chi connectivity index (χ0n) is 12.8. The van der Waals surface area contributed by atoms with Gasteiger partial charge in [0.1, 0.15) is 5.75 Å². The largest absolute Gasteiger partial charge is 0.496 e. The van der Waals surface area contributed by atoms with E-state index in [1.165, 1.54) is 6.20 Å². The number of hydrogen-bond acceptors (Lipinski definition) is 6. The molecule has 0 aliphatic rings. The molecular weight excluding hydrogens is 341 g/mol. The number of rotatable bonds is 6. The van der Waals surface area contributed by atoms with Crippen LogP contribution in [0, 0.1) is 0 Å². The van der Waals surface area contributed by atoms with Crippen LogP contribution in [-0.2, 0) is 0 Å². The minimum atomic E-state index is 0.369. The highest BCUT2D eigenvalue weighted by Crippen LogP contribution is 2.33. The first-order chi connectivity index (χ1) is 11.1. The molecule has 0 saturated heterocycles. The molecule has 6 nitrogen and oxygen atoms in total. The fraction of sp³-hybridized carbons (Fsp3) is 0.200. The van der Waals surface area contributed by atoms with Gasteiger partial charge in [0.25, 0.3) is 0 Å². The van der Waals surface area contributed by atoms with Crippen molar-refractivity contribution >= 4 is 35.2 Å². The number of halogens is 2. The monoisotopic (exact) mass is 355 g/mol. The Morgan fingerprint density at radius 3 is 2.26 bits per heavy atom. The van der Waals surface area contributed by atoms with E-state index in [1.54, 1.807) is 45.7 Å². The zero-order valence-corrected chi connectivity index (χ0v) is 14.3. The van der Waals surface area contributed by atoms with E-state index in [4.69, 9.17) is 37.4 Å². The molecule has 0 bridgehead atoms. The second-order valence-corrected chi connectivity index (χ2v) is 5.15. The van der Waals surface area contributed by atoms with Crippen LogP contribution in [0.2, 0.25) is 10.0 Å². The first kappa shape index (κ1) is 17.2. The third-order valence-electron chi connectivity index (χ3n) is 2.92. The Kier molecular flexibility index (Phi) is 5.90. The van der Waals surface area contributed by atoms with Crippen molar-refractivity contribution < 1.29 is 14.2 Å². The smallest absolute Gasteiger partial charge is 0.165 e. The third-order valence-corrected chi connectivity index (χ3v) is 3.41. The number of nitrogens with zero attached hydrogens (tertiary/aromatic N) is 2. The van der Waals surface area contributed by atoms with E-state index in [-0.39, 0.29) is 0 Å². The SMILES string of the molecule is COc1cc(OC)c(OC)cc1/C=N/Nc1ncc(Cl)cc1Cl. The molecule has 1 N–H and O–H groups in total. The second kappa shape index (κ2) is 7.89. The molecule has 2 aromatic rings. The first-order valence-electron chi connectivity index (χ1n) is 6.49. The molecule has 122 valence electrons. The number of methoxy groups -OCH3 is 3. The molecule has 1 aromatic heterocycles. The lowest BCUT2D eigenvalue weighted by molar-refractivity contribution is 0.349. The van der Waals surface area contributed by atoms with Crippen LogP contribution in [0.25, 0.3) is 0 Å². The average Bonchev–Trinajstić information content (AvgIpc) is 2.56. The van der Waals surface area contributed by atoms with Crippen LogP contribution in [-0.4, -0.2) is 32.5 Å². The van der Waals surface area contributed by atoms with Gasteiger partial charge in [-0.15, -0.1) is 0 Å². The van der Waals surface area contributed by atoms with Crippen LogP contribution < -0.4 is 19.6 Å². The molecule has 1 aromatic carbocycles. The number of hydrazone groups is 1. The summed E-state index contributed by atoms with van der Waals surface area (Å²) in [5, 5.41) is 4.92. The van der Waals surface area contributed by atoms with Gasteiger partial charge < -0.3 is 14.2 Å². The minimum Gasteiger partial charge on any atom is -0.496 e. The van der Waals surface area contributed by atoms with Crippen LogP contribution in [0.5, 0.6) is 17.2 Å². The van der Waals surface area contributed by atoms with Gasteiger partial charge in [0.15, 0.2) is 17.3 Å². The van der Waals surface area contributed by atoms with Crippen LogP contribution in [0.3, 0.4) is 0 Å². The molecule has 2 rings (SSSR count). The Labute approximate surface area is 144 Å². The molecular formula is C15H15Cl2N3O3. The lowest BCUT2D eigenvalue weighted by atomic mass is 10.2. The fourth-order valence-corrected chi connectivity index (χ4v) is 2.24. The highest BCUT2D eigenvalue weighted by atomic mass is 35.5. The van der Waals surface area contributed by atoms with Gasteiger partial charge in [-0.1, -0.05) is 23.2 Å². The van der Waals surface area contributed by atoms with E-state index in [1.807, 2.05) is 0 Å². The number of aromatic nitrogens is 1. The zero-order chi connectivity index (χ0) is 16.8. The number of anilines is 1. The van der Waals surface area contributed by atoms with Gasteiger partial charge in [-0.3, -0.25) is 5.43 Å². The maximum atomic E-state index is 6.01. The minimum absolute atomic E-state index is 0.369. The molecule has 1 heterocycles. The normalized spacial score (nSPS) is 10.7. The van der Waals surface area contributed by atoms with Crippen molar-refractivity contribution in [2.24, 2.45) is 5.10 Å². The Balaban J connectivity index is 2.24. The van der Waals surface area contributed by atoms with Crippen molar-refractivity contribution in [2.45, 2.75) is 0 Å². The lowest BCUT2D eigenvalue weighted by Gasteiger charge is -2.11. The van der Waals surface area contributed by atoms with Gasteiger partial charge in [0, 0.05) is 17.8 Å². The van der Waals surface area contributed by atoms with Crippen LogP contribution in [0.4, 0.5) is 5.82 Å². The molecule has 0 unspecified atom stereocenters. The maximum absolute atomic E-state index is 6.01. The first-order valence-corrected chi connectivity index (χ1v) is 7.24. The summed E-state index contributed by atoms with van der Waals surface area (Å²) in [4.78, 5) is 4.05. The summed E-state index contributed by atoms with van der Waals surface area (Å²) in [6.45, 7) is 0. The standard InChI is InChI=1S/C15H15Cl2N3O3/c1-21-12-6-14(23-3)13(22-2)4-9(12)7-19-20-15-11(17)5-10(16)8-18-15/h4-8H,1-3H3,(H,18,20)/b19-7+. The van der Waals surface area contributed by atoms with Gasteiger partial charge in [0.2, 0.25) is 0 Å². The predicted molar refractivity (Wildman–Crippen MR) is 91.6 cm³/mol. The topological polar surface area (TPSA) is 65.0 Å². The lowest BCUT2D eigenvalue weighted by Crippen LogP contribution is -1.98. The third kappa shape index (κ3) is 4.18. The number of benzene rings is 1. The second-order valence-electron chi connectivity index (χ2n) is 4.30. The fourth-order valence-electron chi connectivity index (χ4n) is 1.81. The quantitative estimate of drug-likeness (QED) is 0.629. The van der Waals surface area contributed by atoms with Crippen LogP contribution >= 0.6 is 23.2 Å². The van der Waals surface area contributed by atoms with Crippen molar-refractivity contribution in [3.8, 4) is 17.2 Å². The highest BCUT2D eigenvalue weighted by Gasteiger charge is 2.10. The molecule has 0 saturated carbocycles. The Morgan fingerprint density at radius 1 is 1.00 bits per heavy atom. The van der Waals surface area contributed by atoms with E-state index >= 15 is 0 Å². The summed E-state index contributed by atoms with van der Waals surface area (Å²) in [6.07, 6.45) is 3.04. The number of ether oxygens (including phenoxy) is 3. The van der Waals surface area contributed by atoms with E-state index in [2.05, 4.69) is 15.5 Å². The summed E-state index contributed by atoms with van der Waals surface area (Å²) in [6, 6.07) is 5.04. The summed E-state index contributed by atoms with van der Waals surface area (Å²) in [5.41, 5.74) is 3.44. The summed E-state index contributed by atoms with van der Waals surface area (Å²) >= 11 is 11.8. The van der Waals surface area contributed by atoms with Gasteiger partial charge in [-0.2, -0.15) is 5.10 Å². The Bertz CT molecular complexity index is 723. The van der Waals surface area contributed by atoms with Gasteiger partial charge in [-0.05, 0) is 12.1 Å². The van der Waals surface area contributed by atoms with Crippen molar-refractivity contribution in [3.05, 3.63) is 40.0 Å². The molecule has 0 amide bonds. The predicted octanol–water partition coefficient (Wildman–Crippen LogP) is 3.86.